The molecule has 0 aromatic carbocycles. The van der Waals surface area contributed by atoms with E-state index in [0.717, 1.165) is 12.8 Å². The number of hydrogen-bond acceptors (Lipinski definition) is 4. The molecule has 2 bridgehead atoms. The Labute approximate surface area is 123 Å². The molecular weight excluding hydrogens is 270 g/mol. The molecular formula is C15H21N3O3. The summed E-state index contributed by atoms with van der Waals surface area (Å²) in [5.74, 6) is -0.196. The molecule has 0 aliphatic carbocycles. The molecule has 2 aliphatic heterocycles. The van der Waals surface area contributed by atoms with E-state index < -0.39 is 0 Å². The maximum Gasteiger partial charge on any atom is 0.279 e. The smallest absolute Gasteiger partial charge is 0.279 e. The summed E-state index contributed by atoms with van der Waals surface area (Å²) in [6.45, 7) is 3.58. The molecule has 0 radical (unpaired) electrons. The molecule has 21 heavy (non-hydrogen) atoms. The van der Waals surface area contributed by atoms with Crippen molar-refractivity contribution < 1.29 is 9.90 Å². The van der Waals surface area contributed by atoms with Crippen LogP contribution in [-0.4, -0.2) is 43.9 Å². The number of aromatic nitrogens is 2. The summed E-state index contributed by atoms with van der Waals surface area (Å²) < 4.78 is 1.23. The minimum absolute atomic E-state index is 0.0591. The molecule has 2 fully saturated rings. The van der Waals surface area contributed by atoms with E-state index in [0.29, 0.717) is 24.1 Å². The fourth-order valence-corrected chi connectivity index (χ4v) is 3.71. The van der Waals surface area contributed by atoms with Crippen LogP contribution in [0.25, 0.3) is 0 Å². The standard InChI is InChI=1S/C15H21N3O3/c1-8-9(2)16-17(3)14(20)13(8)15(21)18-10-4-5-11(18)7-12(19)6-10/h10-12,19H,4-7H2,1-3H3. The second-order valence-corrected chi connectivity index (χ2v) is 6.24. The molecule has 1 amide bonds. The van der Waals surface area contributed by atoms with Gasteiger partial charge in [0.1, 0.15) is 5.56 Å². The summed E-state index contributed by atoms with van der Waals surface area (Å²) in [7, 11) is 1.57. The number of aliphatic hydroxyl groups is 1. The Hall–Kier alpha value is -1.69. The Morgan fingerprint density at radius 1 is 1.24 bits per heavy atom. The largest absolute Gasteiger partial charge is 0.393 e. The van der Waals surface area contributed by atoms with Gasteiger partial charge in [0, 0.05) is 19.1 Å². The number of aryl methyl sites for hydroxylation is 2. The van der Waals surface area contributed by atoms with Gasteiger partial charge in [-0.1, -0.05) is 0 Å². The number of hydrogen-bond donors (Lipinski definition) is 1. The molecule has 2 atom stereocenters. The Balaban J connectivity index is 2.03. The lowest BCUT2D eigenvalue weighted by molar-refractivity contribution is 0.0284. The van der Waals surface area contributed by atoms with Crippen LogP contribution in [0.3, 0.4) is 0 Å². The lowest BCUT2D eigenvalue weighted by Gasteiger charge is -2.37. The first-order chi connectivity index (χ1) is 9.90. The molecule has 0 spiro atoms. The van der Waals surface area contributed by atoms with Crippen molar-refractivity contribution in [3.8, 4) is 0 Å². The van der Waals surface area contributed by atoms with Gasteiger partial charge in [0.25, 0.3) is 11.5 Å². The third-order valence-electron chi connectivity index (χ3n) is 4.88. The summed E-state index contributed by atoms with van der Waals surface area (Å²) in [6, 6.07) is 0.118. The number of piperidine rings is 1. The van der Waals surface area contributed by atoms with Gasteiger partial charge >= 0.3 is 0 Å². The zero-order valence-electron chi connectivity index (χ0n) is 12.7. The van der Waals surface area contributed by atoms with Crippen molar-refractivity contribution in [2.75, 3.05) is 0 Å². The van der Waals surface area contributed by atoms with E-state index in [-0.39, 0.29) is 35.2 Å². The molecule has 114 valence electrons. The third kappa shape index (κ3) is 2.18. The van der Waals surface area contributed by atoms with Crippen LogP contribution in [0.15, 0.2) is 4.79 Å². The summed E-state index contributed by atoms with van der Waals surface area (Å²) >= 11 is 0. The van der Waals surface area contributed by atoms with E-state index in [1.165, 1.54) is 4.68 Å². The van der Waals surface area contributed by atoms with Crippen LogP contribution >= 0.6 is 0 Å². The number of rotatable bonds is 1. The quantitative estimate of drug-likeness (QED) is 0.819. The minimum atomic E-state index is -0.339. The van der Waals surface area contributed by atoms with Gasteiger partial charge in [0.05, 0.1) is 11.8 Å². The van der Waals surface area contributed by atoms with Gasteiger partial charge in [-0.15, -0.1) is 0 Å². The third-order valence-corrected chi connectivity index (χ3v) is 4.88. The number of amides is 1. The van der Waals surface area contributed by atoms with Gasteiger partial charge in [-0.25, -0.2) is 4.68 Å². The summed E-state index contributed by atoms with van der Waals surface area (Å²) in [5.41, 5.74) is 1.25. The molecule has 1 aromatic heterocycles. The molecule has 2 unspecified atom stereocenters. The highest BCUT2D eigenvalue weighted by atomic mass is 16.3. The predicted octanol–water partition coefficient (Wildman–Crippen LogP) is 0.525. The van der Waals surface area contributed by atoms with Gasteiger partial charge in [-0.2, -0.15) is 5.10 Å². The lowest BCUT2D eigenvalue weighted by Crippen LogP contribution is -2.50. The maximum absolute atomic E-state index is 12.9. The molecule has 6 nitrogen and oxygen atoms in total. The molecule has 1 aromatic rings. The van der Waals surface area contributed by atoms with Crippen LogP contribution in [0.5, 0.6) is 0 Å². The monoisotopic (exact) mass is 291 g/mol. The van der Waals surface area contributed by atoms with Crippen molar-refractivity contribution in [2.45, 2.75) is 57.7 Å². The van der Waals surface area contributed by atoms with Gasteiger partial charge in [-0.3, -0.25) is 9.59 Å². The topological polar surface area (TPSA) is 75.4 Å². The van der Waals surface area contributed by atoms with Gasteiger partial charge < -0.3 is 10.0 Å². The number of carbonyl (C=O) groups is 1. The predicted molar refractivity (Wildman–Crippen MR) is 77.2 cm³/mol. The van der Waals surface area contributed by atoms with E-state index in [9.17, 15) is 14.7 Å². The molecule has 2 aliphatic rings. The second kappa shape index (κ2) is 4.94. The zero-order chi connectivity index (χ0) is 15.3. The Morgan fingerprint density at radius 2 is 1.81 bits per heavy atom. The fraction of sp³-hybridized carbons (Fsp3) is 0.667. The summed E-state index contributed by atoms with van der Waals surface area (Å²) in [5, 5.41) is 14.0. The lowest BCUT2D eigenvalue weighted by atomic mass is 9.98. The van der Waals surface area contributed by atoms with Crippen molar-refractivity contribution in [3.05, 3.63) is 27.2 Å². The van der Waals surface area contributed by atoms with Crippen molar-refractivity contribution in [2.24, 2.45) is 7.05 Å². The zero-order valence-corrected chi connectivity index (χ0v) is 12.7. The molecule has 2 saturated heterocycles. The van der Waals surface area contributed by atoms with Crippen molar-refractivity contribution in [1.29, 1.82) is 0 Å². The average molecular weight is 291 g/mol. The first kappa shape index (κ1) is 14.3. The molecule has 3 heterocycles. The van der Waals surface area contributed by atoms with Crippen molar-refractivity contribution in [1.82, 2.24) is 14.7 Å². The van der Waals surface area contributed by atoms with Gasteiger partial charge in [0.2, 0.25) is 0 Å². The second-order valence-electron chi connectivity index (χ2n) is 6.24. The highest BCUT2D eigenvalue weighted by molar-refractivity contribution is 5.96. The number of fused-ring (bicyclic) bond motifs is 2. The highest BCUT2D eigenvalue weighted by Gasteiger charge is 2.44. The van der Waals surface area contributed by atoms with Gasteiger partial charge in [0.15, 0.2) is 0 Å². The minimum Gasteiger partial charge on any atom is -0.393 e. The van der Waals surface area contributed by atoms with E-state index in [1.54, 1.807) is 20.9 Å². The number of aliphatic hydroxyl groups excluding tert-OH is 1. The van der Waals surface area contributed by atoms with Crippen molar-refractivity contribution >= 4 is 5.91 Å². The Morgan fingerprint density at radius 3 is 2.38 bits per heavy atom. The maximum atomic E-state index is 12.9. The normalized spacial score (nSPS) is 28.0. The number of nitrogens with zero attached hydrogens (tertiary/aromatic N) is 3. The van der Waals surface area contributed by atoms with E-state index in [4.69, 9.17) is 0 Å². The number of carbonyl (C=O) groups excluding carboxylic acids is 1. The van der Waals surface area contributed by atoms with E-state index >= 15 is 0 Å². The van der Waals surface area contributed by atoms with E-state index in [2.05, 4.69) is 5.10 Å². The average Bonchev–Trinajstić information content (AvgIpc) is 2.69. The highest BCUT2D eigenvalue weighted by Crippen LogP contribution is 2.36. The SMILES string of the molecule is Cc1nn(C)c(=O)c(C(=O)N2C3CCC2CC(O)C3)c1C. The van der Waals surface area contributed by atoms with Crippen molar-refractivity contribution in [3.63, 3.8) is 0 Å². The van der Waals surface area contributed by atoms with Crippen LogP contribution in [-0.2, 0) is 7.05 Å². The Bertz CT molecular complexity index is 638. The first-order valence-corrected chi connectivity index (χ1v) is 7.45. The fourth-order valence-electron chi connectivity index (χ4n) is 3.71. The van der Waals surface area contributed by atoms with Crippen LogP contribution in [0.4, 0.5) is 0 Å². The summed E-state index contributed by atoms with van der Waals surface area (Å²) in [4.78, 5) is 27.1. The molecule has 3 rings (SSSR count). The molecule has 1 N–H and O–H groups in total. The van der Waals surface area contributed by atoms with Gasteiger partial charge in [-0.05, 0) is 45.1 Å². The van der Waals surface area contributed by atoms with Crippen LogP contribution < -0.4 is 5.56 Å². The first-order valence-electron chi connectivity index (χ1n) is 7.45. The molecule has 0 saturated carbocycles. The van der Waals surface area contributed by atoms with E-state index in [1.807, 2.05) is 4.90 Å². The summed E-state index contributed by atoms with van der Waals surface area (Å²) in [6.07, 6.45) is 2.74. The van der Waals surface area contributed by atoms with Crippen LogP contribution in [0.1, 0.15) is 47.3 Å². The van der Waals surface area contributed by atoms with Crippen LogP contribution in [0.2, 0.25) is 0 Å². The Kier molecular flexibility index (Phi) is 3.36. The molecule has 6 heteroatoms. The van der Waals surface area contributed by atoms with Crippen LogP contribution in [0, 0.1) is 13.8 Å².